The zero-order valence-corrected chi connectivity index (χ0v) is 20.1. The molecule has 0 spiro atoms. The van der Waals surface area contributed by atoms with Crippen molar-refractivity contribution in [1.29, 1.82) is 0 Å². The standard InChI is InChI=1S/C22H21F3N6O4S/c1-30(2)19(34)15(10-32)26-18(33)11-4-7-16-14(8-11)27-20(31(16)3)29-21-28-13-6-5-12(9-17(13)36-21)35-22(23,24)25/h4-9,15,32H,10H2,1-3H3,(H,26,33)(H,27,28,29)/t15-/m0/s1. The number of likely N-dealkylation sites (N-methyl/N-ethyl adjacent to an activating group) is 1. The monoisotopic (exact) mass is 522 g/mol. The summed E-state index contributed by atoms with van der Waals surface area (Å²) in [7, 11) is 4.79. The Morgan fingerprint density at radius 3 is 2.58 bits per heavy atom. The molecule has 0 fully saturated rings. The first-order valence-corrected chi connectivity index (χ1v) is 11.3. The molecule has 0 aliphatic carbocycles. The summed E-state index contributed by atoms with van der Waals surface area (Å²) in [6, 6.07) is 7.59. The minimum Gasteiger partial charge on any atom is -0.406 e. The first-order valence-electron chi connectivity index (χ1n) is 10.5. The second kappa shape index (κ2) is 9.62. The summed E-state index contributed by atoms with van der Waals surface area (Å²) in [6.45, 7) is -0.547. The molecule has 0 saturated carbocycles. The Kier molecular flexibility index (Phi) is 6.73. The smallest absolute Gasteiger partial charge is 0.406 e. The van der Waals surface area contributed by atoms with Crippen molar-refractivity contribution in [2.45, 2.75) is 12.4 Å². The number of carbonyl (C=O) groups is 2. The molecule has 4 aromatic rings. The Morgan fingerprint density at radius 2 is 1.92 bits per heavy atom. The number of aromatic nitrogens is 3. The molecule has 0 aliphatic heterocycles. The largest absolute Gasteiger partial charge is 0.573 e. The number of alkyl halides is 3. The number of hydrogen-bond acceptors (Lipinski definition) is 8. The average Bonchev–Trinajstić information content (AvgIpc) is 3.35. The Hall–Kier alpha value is -3.91. The van der Waals surface area contributed by atoms with Crippen LogP contribution in [0.3, 0.4) is 0 Å². The number of ether oxygens (including phenoxy) is 1. The molecular weight excluding hydrogens is 501 g/mol. The van der Waals surface area contributed by atoms with Gasteiger partial charge in [0.25, 0.3) is 5.91 Å². The molecule has 0 saturated heterocycles. The zero-order chi connectivity index (χ0) is 26.2. The molecule has 3 N–H and O–H groups in total. The number of anilines is 2. The molecule has 1 atom stereocenters. The number of aryl methyl sites for hydroxylation is 1. The fourth-order valence-corrected chi connectivity index (χ4v) is 4.33. The highest BCUT2D eigenvalue weighted by Gasteiger charge is 2.31. The quantitative estimate of drug-likeness (QED) is 0.341. The van der Waals surface area contributed by atoms with Crippen LogP contribution in [0.1, 0.15) is 10.4 Å². The Bertz CT molecular complexity index is 1450. The van der Waals surface area contributed by atoms with Crippen LogP contribution < -0.4 is 15.4 Å². The third-order valence-electron chi connectivity index (χ3n) is 5.18. The van der Waals surface area contributed by atoms with Gasteiger partial charge in [-0.2, -0.15) is 0 Å². The fourth-order valence-electron chi connectivity index (χ4n) is 3.44. The number of benzene rings is 2. The lowest BCUT2D eigenvalue weighted by Gasteiger charge is -2.19. The van der Waals surface area contributed by atoms with Crippen molar-refractivity contribution in [3.05, 3.63) is 42.0 Å². The molecule has 2 heterocycles. The number of thiazole rings is 1. The lowest BCUT2D eigenvalue weighted by Crippen LogP contribution is -2.48. The normalized spacial score (nSPS) is 12.5. The van der Waals surface area contributed by atoms with Crippen LogP contribution in [0.15, 0.2) is 36.4 Å². The minimum absolute atomic E-state index is 0.245. The molecular formula is C22H21F3N6O4S. The van der Waals surface area contributed by atoms with Crippen LogP contribution in [0.5, 0.6) is 5.75 Å². The maximum atomic E-state index is 12.6. The lowest BCUT2D eigenvalue weighted by molar-refractivity contribution is -0.274. The van der Waals surface area contributed by atoms with Crippen molar-refractivity contribution in [3.8, 4) is 5.75 Å². The number of aliphatic hydroxyl groups excluding tert-OH is 1. The first kappa shape index (κ1) is 25.2. The fraction of sp³-hybridized carbons (Fsp3) is 0.273. The third-order valence-corrected chi connectivity index (χ3v) is 6.12. The Balaban J connectivity index is 1.55. The molecule has 14 heteroatoms. The number of amides is 2. The lowest BCUT2D eigenvalue weighted by atomic mass is 10.1. The maximum absolute atomic E-state index is 12.6. The Labute approximate surface area is 206 Å². The van der Waals surface area contributed by atoms with Gasteiger partial charge in [-0.3, -0.25) is 9.59 Å². The zero-order valence-electron chi connectivity index (χ0n) is 19.3. The van der Waals surface area contributed by atoms with E-state index in [2.05, 4.69) is 25.3 Å². The van der Waals surface area contributed by atoms with E-state index in [0.717, 1.165) is 11.3 Å². The highest BCUT2D eigenvalue weighted by molar-refractivity contribution is 7.22. The van der Waals surface area contributed by atoms with Crippen LogP contribution in [0.4, 0.5) is 24.3 Å². The highest BCUT2D eigenvalue weighted by Crippen LogP contribution is 2.33. The number of aliphatic hydroxyl groups is 1. The van der Waals surface area contributed by atoms with E-state index in [-0.39, 0.29) is 11.3 Å². The van der Waals surface area contributed by atoms with Gasteiger partial charge in [0.1, 0.15) is 11.8 Å². The van der Waals surface area contributed by atoms with Gasteiger partial charge in [0.2, 0.25) is 11.9 Å². The molecule has 2 aromatic carbocycles. The van der Waals surface area contributed by atoms with E-state index >= 15 is 0 Å². The number of hydrogen-bond donors (Lipinski definition) is 3. The SMILES string of the molecule is CN(C)C(=O)[C@H](CO)NC(=O)c1ccc2c(c1)nc(Nc1nc3ccc(OC(F)(F)F)cc3s1)n2C. The number of fused-ring (bicyclic) bond motifs is 2. The van der Waals surface area contributed by atoms with Gasteiger partial charge in [-0.25, -0.2) is 9.97 Å². The van der Waals surface area contributed by atoms with Crippen molar-refractivity contribution < 1.29 is 32.6 Å². The molecule has 36 heavy (non-hydrogen) atoms. The van der Waals surface area contributed by atoms with Crippen LogP contribution in [-0.2, 0) is 11.8 Å². The van der Waals surface area contributed by atoms with Gasteiger partial charge in [0.05, 0.1) is 27.9 Å². The van der Waals surface area contributed by atoms with Crippen LogP contribution in [-0.4, -0.2) is 69.5 Å². The predicted molar refractivity (Wildman–Crippen MR) is 127 cm³/mol. The second-order valence-corrected chi connectivity index (χ2v) is 8.99. The van der Waals surface area contributed by atoms with Crippen molar-refractivity contribution in [1.82, 2.24) is 24.8 Å². The van der Waals surface area contributed by atoms with Gasteiger partial charge < -0.3 is 29.9 Å². The average molecular weight is 523 g/mol. The first-order chi connectivity index (χ1) is 16.9. The van der Waals surface area contributed by atoms with Gasteiger partial charge >= 0.3 is 6.36 Å². The minimum atomic E-state index is -4.79. The molecule has 2 amide bonds. The molecule has 2 aromatic heterocycles. The van der Waals surface area contributed by atoms with Crippen molar-refractivity contribution >= 4 is 55.5 Å². The number of rotatable bonds is 7. The summed E-state index contributed by atoms with van der Waals surface area (Å²) in [6.07, 6.45) is -4.79. The van der Waals surface area contributed by atoms with E-state index in [1.54, 1.807) is 29.8 Å². The van der Waals surface area contributed by atoms with Gasteiger partial charge in [-0.05, 0) is 30.3 Å². The van der Waals surface area contributed by atoms with E-state index in [1.807, 2.05) is 0 Å². The number of nitrogens with one attached hydrogen (secondary N) is 2. The third kappa shape index (κ3) is 5.33. The van der Waals surface area contributed by atoms with Gasteiger partial charge in [0, 0.05) is 32.8 Å². The summed E-state index contributed by atoms with van der Waals surface area (Å²) in [4.78, 5) is 34.9. The van der Waals surface area contributed by atoms with Crippen LogP contribution in [0, 0.1) is 0 Å². The van der Waals surface area contributed by atoms with Crippen molar-refractivity contribution in [3.63, 3.8) is 0 Å². The summed E-state index contributed by atoms with van der Waals surface area (Å²) >= 11 is 1.13. The van der Waals surface area contributed by atoms with Crippen LogP contribution in [0.2, 0.25) is 0 Å². The summed E-state index contributed by atoms with van der Waals surface area (Å²) in [5.41, 5.74) is 1.91. The van der Waals surface area contributed by atoms with E-state index in [0.29, 0.717) is 32.3 Å². The molecule has 190 valence electrons. The van der Waals surface area contributed by atoms with Crippen molar-refractivity contribution in [2.75, 3.05) is 26.0 Å². The molecule has 0 unspecified atom stereocenters. The van der Waals surface area contributed by atoms with Gasteiger partial charge in [-0.15, -0.1) is 13.2 Å². The maximum Gasteiger partial charge on any atom is 0.573 e. The number of carbonyl (C=O) groups excluding carboxylic acids is 2. The second-order valence-electron chi connectivity index (χ2n) is 7.96. The van der Waals surface area contributed by atoms with E-state index in [9.17, 15) is 27.9 Å². The highest BCUT2D eigenvalue weighted by atomic mass is 32.1. The van der Waals surface area contributed by atoms with Gasteiger partial charge in [0.15, 0.2) is 5.13 Å². The predicted octanol–water partition coefficient (Wildman–Crippen LogP) is 3.00. The number of imidazole rings is 1. The number of halogens is 3. The molecule has 0 radical (unpaired) electrons. The molecule has 4 rings (SSSR count). The van der Waals surface area contributed by atoms with E-state index in [4.69, 9.17) is 0 Å². The summed E-state index contributed by atoms with van der Waals surface area (Å²) in [5, 5.41) is 15.4. The van der Waals surface area contributed by atoms with E-state index < -0.39 is 30.8 Å². The molecule has 0 aliphatic rings. The van der Waals surface area contributed by atoms with Crippen molar-refractivity contribution in [2.24, 2.45) is 7.05 Å². The Morgan fingerprint density at radius 1 is 1.17 bits per heavy atom. The number of nitrogens with zero attached hydrogens (tertiary/aromatic N) is 4. The molecule has 0 bridgehead atoms. The van der Waals surface area contributed by atoms with Crippen LogP contribution >= 0.6 is 11.3 Å². The summed E-state index contributed by atoms with van der Waals surface area (Å²) in [5.74, 6) is -0.933. The van der Waals surface area contributed by atoms with Crippen LogP contribution in [0.25, 0.3) is 21.3 Å². The topological polar surface area (TPSA) is 122 Å². The summed E-state index contributed by atoms with van der Waals surface area (Å²) < 4.78 is 43.7. The molecule has 10 nitrogen and oxygen atoms in total. The van der Waals surface area contributed by atoms with Gasteiger partial charge in [-0.1, -0.05) is 11.3 Å². The van der Waals surface area contributed by atoms with E-state index in [1.165, 1.54) is 37.2 Å².